The van der Waals surface area contributed by atoms with E-state index < -0.39 is 11.7 Å². The minimum atomic E-state index is -4.43. The molecule has 0 aliphatic heterocycles. The zero-order valence-electron chi connectivity index (χ0n) is 14.6. The Morgan fingerprint density at radius 1 is 1.15 bits per heavy atom. The second kappa shape index (κ2) is 7.75. The maximum Gasteiger partial charge on any atom is 0.417 e. The van der Waals surface area contributed by atoms with E-state index in [1.165, 1.54) is 6.07 Å². The van der Waals surface area contributed by atoms with Gasteiger partial charge < -0.3 is 14.6 Å². The third-order valence-corrected chi connectivity index (χ3v) is 3.84. The van der Waals surface area contributed by atoms with Gasteiger partial charge in [-0.15, -0.1) is 0 Å². The molecule has 0 spiro atoms. The van der Waals surface area contributed by atoms with Gasteiger partial charge in [0.1, 0.15) is 5.75 Å². The molecule has 3 aromatic rings. The first kappa shape index (κ1) is 18.8. The van der Waals surface area contributed by atoms with E-state index in [0.29, 0.717) is 29.4 Å². The van der Waals surface area contributed by atoms with Gasteiger partial charge in [0.15, 0.2) is 5.82 Å². The Balaban J connectivity index is 1.67. The molecule has 1 N–H and O–H groups in total. The molecule has 27 heavy (non-hydrogen) atoms. The molecule has 0 aliphatic rings. The van der Waals surface area contributed by atoms with Crippen LogP contribution in [0.4, 0.5) is 13.2 Å². The van der Waals surface area contributed by atoms with Crippen molar-refractivity contribution in [2.45, 2.75) is 25.6 Å². The number of ether oxygens (including phenoxy) is 1. The Hall–Kier alpha value is -2.94. The lowest BCUT2D eigenvalue weighted by molar-refractivity contribution is -0.137. The number of nitrogens with zero attached hydrogens (tertiary/aromatic N) is 3. The fourth-order valence-corrected chi connectivity index (χ4v) is 2.22. The van der Waals surface area contributed by atoms with Crippen LogP contribution < -0.4 is 10.1 Å². The smallest absolute Gasteiger partial charge is 0.417 e. The van der Waals surface area contributed by atoms with Crippen LogP contribution in [0.3, 0.4) is 0 Å². The number of nitrogens with one attached hydrogen (secondary N) is 1. The molecule has 2 heterocycles. The summed E-state index contributed by atoms with van der Waals surface area (Å²) in [7, 11) is 1.86. The third-order valence-electron chi connectivity index (χ3n) is 3.84. The van der Waals surface area contributed by atoms with Crippen LogP contribution in [0.15, 0.2) is 47.1 Å². The summed E-state index contributed by atoms with van der Waals surface area (Å²) in [6.07, 6.45) is -3.06. The molecular weight excluding hydrogens is 361 g/mol. The van der Waals surface area contributed by atoms with Crippen LogP contribution in [0.2, 0.25) is 0 Å². The van der Waals surface area contributed by atoms with Gasteiger partial charge in [-0.25, -0.2) is 4.98 Å². The van der Waals surface area contributed by atoms with Gasteiger partial charge in [-0.05, 0) is 44.3 Å². The highest BCUT2D eigenvalue weighted by atomic mass is 19.4. The first-order valence-corrected chi connectivity index (χ1v) is 8.16. The molecule has 9 heteroatoms. The van der Waals surface area contributed by atoms with Crippen molar-refractivity contribution in [2.24, 2.45) is 0 Å². The Bertz CT molecular complexity index is 877. The summed E-state index contributed by atoms with van der Waals surface area (Å²) in [6, 6.07) is 9.05. The molecule has 142 valence electrons. The van der Waals surface area contributed by atoms with Crippen LogP contribution >= 0.6 is 0 Å². The standard InChI is InChI=1S/C18H17F3N4O2/c1-11(22-2)9-15-24-17(27-25-15)12-3-6-14(7-4-12)26-16-8-5-13(10-23-16)18(19,20)21/h3-8,10-11,22H,9H2,1-2H3. The van der Waals surface area contributed by atoms with Crippen LogP contribution in [-0.4, -0.2) is 28.2 Å². The van der Waals surface area contributed by atoms with Gasteiger partial charge in [0.2, 0.25) is 5.88 Å². The van der Waals surface area contributed by atoms with E-state index in [2.05, 4.69) is 20.4 Å². The predicted octanol–water partition coefficient (Wildman–Crippen LogP) is 4.09. The summed E-state index contributed by atoms with van der Waals surface area (Å²) in [4.78, 5) is 8.01. The number of hydrogen-bond acceptors (Lipinski definition) is 6. The lowest BCUT2D eigenvalue weighted by Crippen LogP contribution is -2.24. The number of halogens is 3. The minimum absolute atomic E-state index is 0.0666. The van der Waals surface area contributed by atoms with Gasteiger partial charge in [-0.2, -0.15) is 18.2 Å². The van der Waals surface area contributed by atoms with Crippen LogP contribution in [0.5, 0.6) is 11.6 Å². The molecule has 1 unspecified atom stereocenters. The summed E-state index contributed by atoms with van der Waals surface area (Å²) in [5.41, 5.74) is -0.122. The Morgan fingerprint density at radius 2 is 1.89 bits per heavy atom. The molecule has 0 saturated carbocycles. The Morgan fingerprint density at radius 3 is 2.48 bits per heavy atom. The SMILES string of the molecule is CNC(C)Cc1noc(-c2ccc(Oc3ccc(C(F)(F)F)cn3)cc2)n1. The lowest BCUT2D eigenvalue weighted by atomic mass is 10.2. The topological polar surface area (TPSA) is 73.1 Å². The number of rotatable bonds is 6. The summed E-state index contributed by atoms with van der Waals surface area (Å²) in [6.45, 7) is 2.01. The van der Waals surface area contributed by atoms with Crippen molar-refractivity contribution in [2.75, 3.05) is 7.05 Å². The van der Waals surface area contributed by atoms with E-state index in [9.17, 15) is 13.2 Å². The molecule has 1 atom stereocenters. The van der Waals surface area contributed by atoms with Gasteiger partial charge in [-0.3, -0.25) is 0 Å². The quantitative estimate of drug-likeness (QED) is 0.696. The van der Waals surface area contributed by atoms with Crippen LogP contribution in [0, 0.1) is 0 Å². The second-order valence-electron chi connectivity index (χ2n) is 5.92. The molecule has 6 nitrogen and oxygen atoms in total. The number of pyridine rings is 1. The molecule has 0 bridgehead atoms. The van der Waals surface area contributed by atoms with E-state index in [0.717, 1.165) is 12.3 Å². The van der Waals surface area contributed by atoms with Gasteiger partial charge in [0.25, 0.3) is 5.89 Å². The molecule has 0 radical (unpaired) electrons. The van der Waals surface area contributed by atoms with Crippen molar-refractivity contribution in [3.63, 3.8) is 0 Å². The van der Waals surface area contributed by atoms with Crippen molar-refractivity contribution in [3.8, 4) is 23.1 Å². The monoisotopic (exact) mass is 378 g/mol. The van der Waals surface area contributed by atoms with Gasteiger partial charge in [0.05, 0.1) is 5.56 Å². The second-order valence-corrected chi connectivity index (χ2v) is 5.92. The number of aromatic nitrogens is 3. The highest BCUT2D eigenvalue weighted by molar-refractivity contribution is 5.54. The van der Waals surface area contributed by atoms with Gasteiger partial charge >= 0.3 is 6.18 Å². The molecule has 0 fully saturated rings. The molecule has 0 saturated heterocycles. The number of likely N-dealkylation sites (N-methyl/N-ethyl adjacent to an activating group) is 1. The van der Waals surface area contributed by atoms with Crippen LogP contribution in [0.25, 0.3) is 11.5 Å². The molecule has 1 aromatic carbocycles. The van der Waals surface area contributed by atoms with Crippen molar-refractivity contribution >= 4 is 0 Å². The molecule has 3 rings (SSSR count). The summed E-state index contributed by atoms with van der Waals surface area (Å²) in [5, 5.41) is 7.04. The van der Waals surface area contributed by atoms with E-state index in [-0.39, 0.29) is 11.9 Å². The highest BCUT2D eigenvalue weighted by Crippen LogP contribution is 2.30. The summed E-state index contributed by atoms with van der Waals surface area (Å²) in [5.74, 6) is 1.47. The predicted molar refractivity (Wildman–Crippen MR) is 91.3 cm³/mol. The number of alkyl halides is 3. The fraction of sp³-hybridized carbons (Fsp3) is 0.278. The summed E-state index contributed by atoms with van der Waals surface area (Å²) >= 11 is 0. The number of benzene rings is 1. The maximum absolute atomic E-state index is 12.5. The Kier molecular flexibility index (Phi) is 5.41. The molecular formula is C18H17F3N4O2. The van der Waals surface area contributed by atoms with E-state index in [4.69, 9.17) is 9.26 Å². The van der Waals surface area contributed by atoms with Crippen molar-refractivity contribution in [1.82, 2.24) is 20.4 Å². The average molecular weight is 378 g/mol. The van der Waals surface area contributed by atoms with Crippen molar-refractivity contribution in [1.29, 1.82) is 0 Å². The van der Waals surface area contributed by atoms with Gasteiger partial charge in [0, 0.05) is 30.3 Å². The van der Waals surface area contributed by atoms with E-state index in [1.807, 2.05) is 14.0 Å². The number of hydrogen-bond donors (Lipinski definition) is 1. The van der Waals surface area contributed by atoms with E-state index >= 15 is 0 Å². The van der Waals surface area contributed by atoms with Crippen molar-refractivity contribution < 1.29 is 22.4 Å². The first-order valence-electron chi connectivity index (χ1n) is 8.16. The zero-order valence-corrected chi connectivity index (χ0v) is 14.6. The Labute approximate surface area is 153 Å². The normalized spacial score (nSPS) is 12.8. The maximum atomic E-state index is 12.5. The first-order chi connectivity index (χ1) is 12.8. The molecule has 0 amide bonds. The third kappa shape index (κ3) is 4.82. The fourth-order valence-electron chi connectivity index (χ4n) is 2.22. The summed E-state index contributed by atoms with van der Waals surface area (Å²) < 4.78 is 48.3. The molecule has 0 aliphatic carbocycles. The lowest BCUT2D eigenvalue weighted by Gasteiger charge is -2.08. The largest absolute Gasteiger partial charge is 0.439 e. The van der Waals surface area contributed by atoms with Crippen LogP contribution in [-0.2, 0) is 12.6 Å². The van der Waals surface area contributed by atoms with Crippen molar-refractivity contribution in [3.05, 3.63) is 54.0 Å². The van der Waals surface area contributed by atoms with E-state index in [1.54, 1.807) is 24.3 Å². The van der Waals surface area contributed by atoms with Gasteiger partial charge in [-0.1, -0.05) is 5.16 Å². The average Bonchev–Trinajstić information content (AvgIpc) is 3.10. The highest BCUT2D eigenvalue weighted by Gasteiger charge is 2.30. The van der Waals surface area contributed by atoms with Crippen LogP contribution in [0.1, 0.15) is 18.3 Å². The molecule has 2 aromatic heterocycles. The minimum Gasteiger partial charge on any atom is -0.439 e. The zero-order chi connectivity index (χ0) is 19.4.